The summed E-state index contributed by atoms with van der Waals surface area (Å²) < 4.78 is 30.2. The van der Waals surface area contributed by atoms with Crippen LogP contribution >= 0.6 is 0 Å². The molecule has 1 saturated heterocycles. The van der Waals surface area contributed by atoms with Crippen molar-refractivity contribution in [3.8, 4) is 0 Å². The molecule has 0 aliphatic carbocycles. The lowest BCUT2D eigenvalue weighted by Crippen LogP contribution is -2.43. The van der Waals surface area contributed by atoms with Crippen molar-refractivity contribution >= 4 is 28.5 Å². The van der Waals surface area contributed by atoms with Crippen molar-refractivity contribution in [1.29, 1.82) is 0 Å². The standard InChI is InChI=1S/C26H29FN8O3/c1-15-25(32(2)31-30-15)35-24(26(36)37-4)23-22(33(35)3)20-18(8-6-12-29-20)34(23)21(16-9-13-38-14-10-16)19-17(27)7-5-11-28-19/h5-8,11-12,16,21,24H,9-10,13-14H2,1-4H3/t21?,24-/m0/s1. The van der Waals surface area contributed by atoms with Gasteiger partial charge in [0.15, 0.2) is 11.9 Å². The summed E-state index contributed by atoms with van der Waals surface area (Å²) in [4.78, 5) is 22.9. The molecule has 198 valence electrons. The van der Waals surface area contributed by atoms with Crippen LogP contribution in [0.25, 0.3) is 11.0 Å². The zero-order valence-electron chi connectivity index (χ0n) is 21.7. The number of aryl methyl sites for hydroxylation is 2. The highest BCUT2D eigenvalue weighted by Crippen LogP contribution is 2.51. The van der Waals surface area contributed by atoms with E-state index in [1.165, 1.54) is 13.2 Å². The van der Waals surface area contributed by atoms with E-state index in [0.29, 0.717) is 41.6 Å². The molecular weight excluding hydrogens is 491 g/mol. The predicted molar refractivity (Wildman–Crippen MR) is 137 cm³/mol. The van der Waals surface area contributed by atoms with E-state index in [0.717, 1.165) is 24.0 Å². The van der Waals surface area contributed by atoms with Gasteiger partial charge in [0.05, 0.1) is 30.1 Å². The summed E-state index contributed by atoms with van der Waals surface area (Å²) in [6, 6.07) is 5.44. The number of methoxy groups -OCH3 is 1. The highest BCUT2D eigenvalue weighted by Gasteiger charge is 2.49. The maximum absolute atomic E-state index is 15.5. The number of halogens is 1. The number of aromatic nitrogens is 6. The Morgan fingerprint density at radius 3 is 2.58 bits per heavy atom. The third-order valence-corrected chi connectivity index (χ3v) is 7.58. The Labute approximate surface area is 218 Å². The number of ether oxygens (including phenoxy) is 2. The number of rotatable bonds is 5. The van der Waals surface area contributed by atoms with E-state index in [1.807, 2.05) is 36.1 Å². The first kappa shape index (κ1) is 24.3. The summed E-state index contributed by atoms with van der Waals surface area (Å²) in [6.45, 7) is 2.98. The Kier molecular flexibility index (Phi) is 5.98. The molecule has 0 bridgehead atoms. The molecule has 6 rings (SSSR count). The average molecular weight is 521 g/mol. The van der Waals surface area contributed by atoms with E-state index in [1.54, 1.807) is 30.2 Å². The van der Waals surface area contributed by atoms with Gasteiger partial charge >= 0.3 is 5.97 Å². The van der Waals surface area contributed by atoms with E-state index in [-0.39, 0.29) is 5.92 Å². The largest absolute Gasteiger partial charge is 0.467 e. The van der Waals surface area contributed by atoms with Gasteiger partial charge in [0.2, 0.25) is 0 Å². The molecule has 2 aliphatic rings. The number of pyridine rings is 2. The molecule has 0 N–H and O–H groups in total. The molecule has 0 saturated carbocycles. The number of fused-ring (bicyclic) bond motifs is 3. The second kappa shape index (κ2) is 9.35. The van der Waals surface area contributed by atoms with Crippen LogP contribution in [-0.4, -0.2) is 62.9 Å². The normalized spacial score (nSPS) is 18.7. The van der Waals surface area contributed by atoms with Crippen LogP contribution in [0.5, 0.6) is 0 Å². The molecule has 0 aromatic carbocycles. The molecule has 1 fully saturated rings. The number of anilines is 2. The van der Waals surface area contributed by atoms with Crippen LogP contribution in [0, 0.1) is 18.7 Å². The molecule has 2 atom stereocenters. The molecule has 38 heavy (non-hydrogen) atoms. The Bertz CT molecular complexity index is 1490. The van der Waals surface area contributed by atoms with Crippen LogP contribution in [0.1, 0.15) is 42.0 Å². The van der Waals surface area contributed by atoms with E-state index in [2.05, 4.69) is 19.9 Å². The van der Waals surface area contributed by atoms with Gasteiger partial charge in [0.1, 0.15) is 22.7 Å². The number of esters is 1. The summed E-state index contributed by atoms with van der Waals surface area (Å²) in [5.41, 5.74) is 3.87. The summed E-state index contributed by atoms with van der Waals surface area (Å²) >= 11 is 0. The zero-order valence-corrected chi connectivity index (χ0v) is 21.7. The van der Waals surface area contributed by atoms with Gasteiger partial charge in [-0.1, -0.05) is 5.21 Å². The molecular formula is C26H29FN8O3. The van der Waals surface area contributed by atoms with E-state index >= 15 is 4.39 Å². The van der Waals surface area contributed by atoms with Crippen LogP contribution in [0.2, 0.25) is 0 Å². The number of hydrazine groups is 1. The van der Waals surface area contributed by atoms with Crippen molar-refractivity contribution in [2.45, 2.75) is 31.8 Å². The lowest BCUT2D eigenvalue weighted by atomic mass is 9.88. The number of nitrogens with zero attached hydrogens (tertiary/aromatic N) is 8. The van der Waals surface area contributed by atoms with Crippen LogP contribution in [0.15, 0.2) is 36.7 Å². The van der Waals surface area contributed by atoms with Gasteiger partial charge < -0.3 is 14.0 Å². The van der Waals surface area contributed by atoms with Crippen molar-refractivity contribution in [1.82, 2.24) is 29.5 Å². The Morgan fingerprint density at radius 1 is 1.16 bits per heavy atom. The average Bonchev–Trinajstić information content (AvgIpc) is 3.54. The quantitative estimate of drug-likeness (QED) is 0.367. The minimum absolute atomic E-state index is 0.0193. The summed E-state index contributed by atoms with van der Waals surface area (Å²) in [7, 11) is 5.02. The van der Waals surface area contributed by atoms with Gasteiger partial charge in [-0.15, -0.1) is 5.10 Å². The minimum Gasteiger partial charge on any atom is -0.467 e. The number of carbonyl (C=O) groups is 1. The van der Waals surface area contributed by atoms with Gasteiger partial charge in [-0.25, -0.2) is 18.9 Å². The number of carbonyl (C=O) groups excluding carboxylic acids is 1. The SMILES string of the molecule is COC(=O)[C@@H]1c2c(c3ncccc3n2C(c2ncccc2F)C2CCOCC2)N(C)N1c1c(C)nnn1C. The molecule has 4 aromatic heterocycles. The van der Waals surface area contributed by atoms with Crippen molar-refractivity contribution in [3.05, 3.63) is 59.6 Å². The van der Waals surface area contributed by atoms with Crippen molar-refractivity contribution in [3.63, 3.8) is 0 Å². The molecule has 4 aromatic rings. The van der Waals surface area contributed by atoms with Crippen molar-refractivity contribution < 1.29 is 18.7 Å². The Balaban J connectivity index is 1.67. The molecule has 6 heterocycles. The van der Waals surface area contributed by atoms with Crippen LogP contribution in [0.4, 0.5) is 15.9 Å². The molecule has 0 spiro atoms. The smallest absolute Gasteiger partial charge is 0.336 e. The fraction of sp³-hybridized carbons (Fsp3) is 0.423. The highest BCUT2D eigenvalue weighted by molar-refractivity contribution is 6.00. The highest BCUT2D eigenvalue weighted by atomic mass is 19.1. The van der Waals surface area contributed by atoms with Crippen LogP contribution in [-0.2, 0) is 21.3 Å². The second-order valence-electron chi connectivity index (χ2n) is 9.66. The molecule has 11 nitrogen and oxygen atoms in total. The third-order valence-electron chi connectivity index (χ3n) is 7.58. The molecule has 2 aliphatic heterocycles. The third kappa shape index (κ3) is 3.54. The van der Waals surface area contributed by atoms with E-state index < -0.39 is 23.9 Å². The second-order valence-corrected chi connectivity index (χ2v) is 9.66. The predicted octanol–water partition coefficient (Wildman–Crippen LogP) is 3.11. The van der Waals surface area contributed by atoms with Gasteiger partial charge in [0, 0.05) is 39.7 Å². The number of hydrogen-bond acceptors (Lipinski definition) is 9. The molecule has 1 unspecified atom stereocenters. The Hall–Kier alpha value is -4.06. The minimum atomic E-state index is -0.890. The molecule has 12 heteroatoms. The van der Waals surface area contributed by atoms with Crippen LogP contribution in [0.3, 0.4) is 0 Å². The van der Waals surface area contributed by atoms with Gasteiger partial charge in [-0.2, -0.15) is 0 Å². The van der Waals surface area contributed by atoms with E-state index in [9.17, 15) is 4.79 Å². The fourth-order valence-corrected chi connectivity index (χ4v) is 5.98. The lowest BCUT2D eigenvalue weighted by Gasteiger charge is -2.35. The summed E-state index contributed by atoms with van der Waals surface area (Å²) in [6.07, 6.45) is 4.78. The lowest BCUT2D eigenvalue weighted by molar-refractivity contribution is -0.142. The van der Waals surface area contributed by atoms with Gasteiger partial charge in [0.25, 0.3) is 0 Å². The number of hydrogen-bond donors (Lipinski definition) is 0. The van der Waals surface area contributed by atoms with Gasteiger partial charge in [-0.3, -0.25) is 15.0 Å². The van der Waals surface area contributed by atoms with Crippen molar-refractivity contribution in [2.75, 3.05) is 37.4 Å². The topological polar surface area (TPSA) is 103 Å². The fourth-order valence-electron chi connectivity index (χ4n) is 5.98. The molecule has 0 radical (unpaired) electrons. The van der Waals surface area contributed by atoms with Gasteiger partial charge in [-0.05, 0) is 49.9 Å². The summed E-state index contributed by atoms with van der Waals surface area (Å²) in [5, 5.41) is 12.1. The molecule has 0 amide bonds. The first-order chi connectivity index (χ1) is 18.4. The van der Waals surface area contributed by atoms with Crippen molar-refractivity contribution in [2.24, 2.45) is 13.0 Å². The van der Waals surface area contributed by atoms with Crippen LogP contribution < -0.4 is 10.0 Å². The maximum Gasteiger partial charge on any atom is 0.336 e. The monoisotopic (exact) mass is 520 g/mol. The first-order valence-electron chi connectivity index (χ1n) is 12.6. The Morgan fingerprint density at radius 2 is 1.89 bits per heavy atom. The zero-order chi connectivity index (χ0) is 26.6. The van der Waals surface area contributed by atoms with E-state index in [4.69, 9.17) is 14.5 Å². The first-order valence-corrected chi connectivity index (χ1v) is 12.6. The summed E-state index contributed by atoms with van der Waals surface area (Å²) in [5.74, 6) is -0.201. The maximum atomic E-state index is 15.5.